The fourth-order valence-corrected chi connectivity index (χ4v) is 4.93. The SMILES string of the molecule is O=C(C[C@@H]1C(=O)NCCN1S(=O)(=O)c1ccccc1)NCCCc1ccccc1. The monoisotopic (exact) mass is 415 g/mol. The Balaban J connectivity index is 1.59. The van der Waals surface area contributed by atoms with E-state index in [0.717, 1.165) is 17.1 Å². The van der Waals surface area contributed by atoms with Gasteiger partial charge in [0.25, 0.3) is 0 Å². The van der Waals surface area contributed by atoms with Crippen LogP contribution in [0.15, 0.2) is 65.6 Å². The van der Waals surface area contributed by atoms with Crippen LogP contribution in [0.25, 0.3) is 0 Å². The summed E-state index contributed by atoms with van der Waals surface area (Å²) in [6.45, 7) is 0.822. The van der Waals surface area contributed by atoms with Crippen molar-refractivity contribution in [1.82, 2.24) is 14.9 Å². The molecule has 0 saturated carbocycles. The van der Waals surface area contributed by atoms with Crippen LogP contribution in [0.2, 0.25) is 0 Å². The highest BCUT2D eigenvalue weighted by atomic mass is 32.2. The number of hydrogen-bond acceptors (Lipinski definition) is 4. The number of piperazine rings is 1. The number of nitrogens with zero attached hydrogens (tertiary/aromatic N) is 1. The molecule has 2 amide bonds. The zero-order chi connectivity index (χ0) is 20.7. The fourth-order valence-electron chi connectivity index (χ4n) is 3.32. The fraction of sp³-hybridized carbons (Fsp3) is 0.333. The lowest BCUT2D eigenvalue weighted by Crippen LogP contribution is -2.58. The molecule has 1 saturated heterocycles. The van der Waals surface area contributed by atoms with Crippen LogP contribution in [0.3, 0.4) is 0 Å². The normalized spacial score (nSPS) is 17.5. The van der Waals surface area contributed by atoms with Gasteiger partial charge >= 0.3 is 0 Å². The zero-order valence-corrected chi connectivity index (χ0v) is 16.9. The first-order valence-corrected chi connectivity index (χ1v) is 11.1. The van der Waals surface area contributed by atoms with E-state index in [2.05, 4.69) is 10.6 Å². The van der Waals surface area contributed by atoms with Crippen LogP contribution in [0.1, 0.15) is 18.4 Å². The molecule has 2 aromatic carbocycles. The second kappa shape index (κ2) is 9.67. The Bertz CT molecular complexity index is 933. The third-order valence-electron chi connectivity index (χ3n) is 4.82. The molecular formula is C21H25N3O4S. The van der Waals surface area contributed by atoms with Crippen molar-refractivity contribution in [3.05, 3.63) is 66.2 Å². The van der Waals surface area contributed by atoms with Gasteiger partial charge in [-0.25, -0.2) is 8.42 Å². The van der Waals surface area contributed by atoms with Crippen LogP contribution in [0, 0.1) is 0 Å². The lowest BCUT2D eigenvalue weighted by Gasteiger charge is -2.33. The zero-order valence-electron chi connectivity index (χ0n) is 16.1. The summed E-state index contributed by atoms with van der Waals surface area (Å²) in [5.74, 6) is -0.788. The first-order valence-electron chi connectivity index (χ1n) is 9.64. The topological polar surface area (TPSA) is 95.6 Å². The summed E-state index contributed by atoms with van der Waals surface area (Å²) in [5, 5.41) is 5.45. The molecule has 7 nitrogen and oxygen atoms in total. The molecule has 1 atom stereocenters. The van der Waals surface area contributed by atoms with Gasteiger partial charge in [0.05, 0.1) is 11.3 Å². The molecule has 0 radical (unpaired) electrons. The van der Waals surface area contributed by atoms with Gasteiger partial charge in [-0.1, -0.05) is 48.5 Å². The molecule has 29 heavy (non-hydrogen) atoms. The number of amides is 2. The highest BCUT2D eigenvalue weighted by Gasteiger charge is 2.39. The summed E-state index contributed by atoms with van der Waals surface area (Å²) < 4.78 is 27.0. The number of rotatable bonds is 8. The summed E-state index contributed by atoms with van der Waals surface area (Å²) in [7, 11) is -3.86. The molecular weight excluding hydrogens is 390 g/mol. The molecule has 1 aliphatic rings. The van der Waals surface area contributed by atoms with Crippen LogP contribution in [0.4, 0.5) is 0 Å². The van der Waals surface area contributed by atoms with E-state index in [4.69, 9.17) is 0 Å². The van der Waals surface area contributed by atoms with Gasteiger partial charge in [-0.05, 0) is 30.5 Å². The molecule has 0 aromatic heterocycles. The Labute approximate surface area is 171 Å². The number of sulfonamides is 1. The van der Waals surface area contributed by atoms with Gasteiger partial charge < -0.3 is 10.6 Å². The molecule has 0 unspecified atom stereocenters. The van der Waals surface area contributed by atoms with Crippen LogP contribution in [-0.2, 0) is 26.0 Å². The maximum Gasteiger partial charge on any atom is 0.243 e. The van der Waals surface area contributed by atoms with Crippen molar-refractivity contribution in [2.45, 2.75) is 30.2 Å². The highest BCUT2D eigenvalue weighted by Crippen LogP contribution is 2.21. The number of hydrogen-bond donors (Lipinski definition) is 2. The average Bonchev–Trinajstić information content (AvgIpc) is 2.74. The van der Waals surface area contributed by atoms with Gasteiger partial charge in [-0.15, -0.1) is 0 Å². The van der Waals surface area contributed by atoms with E-state index in [0.29, 0.717) is 6.54 Å². The number of carbonyl (C=O) groups excluding carboxylic acids is 2. The molecule has 2 N–H and O–H groups in total. The maximum absolute atomic E-state index is 13.0. The molecule has 0 spiro atoms. The average molecular weight is 416 g/mol. The molecule has 0 bridgehead atoms. The summed E-state index contributed by atoms with van der Waals surface area (Å²) in [5.41, 5.74) is 1.19. The molecule has 8 heteroatoms. The maximum atomic E-state index is 13.0. The summed E-state index contributed by atoms with van der Waals surface area (Å²) in [6.07, 6.45) is 1.39. The number of benzene rings is 2. The molecule has 0 aliphatic carbocycles. The first kappa shape index (κ1) is 21.0. The molecule has 154 valence electrons. The van der Waals surface area contributed by atoms with E-state index in [1.165, 1.54) is 17.7 Å². The Kier molecular flexibility index (Phi) is 7.00. The van der Waals surface area contributed by atoms with E-state index in [1.54, 1.807) is 18.2 Å². The molecule has 1 heterocycles. The van der Waals surface area contributed by atoms with Crippen LogP contribution < -0.4 is 10.6 Å². The van der Waals surface area contributed by atoms with E-state index < -0.39 is 22.0 Å². The molecule has 3 rings (SSSR count). The van der Waals surface area contributed by atoms with E-state index in [9.17, 15) is 18.0 Å². The van der Waals surface area contributed by atoms with Crippen molar-refractivity contribution in [2.75, 3.05) is 19.6 Å². The second-order valence-corrected chi connectivity index (χ2v) is 8.77. The largest absolute Gasteiger partial charge is 0.356 e. The Hall–Kier alpha value is -2.71. The van der Waals surface area contributed by atoms with Crippen molar-refractivity contribution in [2.24, 2.45) is 0 Å². The smallest absolute Gasteiger partial charge is 0.243 e. The lowest BCUT2D eigenvalue weighted by molar-refractivity contribution is -0.131. The van der Waals surface area contributed by atoms with Crippen LogP contribution >= 0.6 is 0 Å². The molecule has 1 fully saturated rings. The van der Waals surface area contributed by atoms with Crippen LogP contribution in [-0.4, -0.2) is 50.2 Å². The van der Waals surface area contributed by atoms with Crippen molar-refractivity contribution < 1.29 is 18.0 Å². The number of aryl methyl sites for hydroxylation is 1. The lowest BCUT2D eigenvalue weighted by atomic mass is 10.1. The number of nitrogens with one attached hydrogen (secondary N) is 2. The summed E-state index contributed by atoms with van der Waals surface area (Å²) in [4.78, 5) is 24.8. The minimum absolute atomic E-state index is 0.114. The van der Waals surface area contributed by atoms with Gasteiger partial charge in [0, 0.05) is 19.6 Å². The van der Waals surface area contributed by atoms with Crippen molar-refractivity contribution in [3.8, 4) is 0 Å². The van der Waals surface area contributed by atoms with Crippen molar-refractivity contribution >= 4 is 21.8 Å². The van der Waals surface area contributed by atoms with Gasteiger partial charge in [0.1, 0.15) is 6.04 Å². The Morgan fingerprint density at radius 2 is 1.72 bits per heavy atom. The predicted molar refractivity (Wildman–Crippen MR) is 110 cm³/mol. The molecule has 2 aromatic rings. The Morgan fingerprint density at radius 1 is 1.07 bits per heavy atom. The van der Waals surface area contributed by atoms with E-state index in [-0.39, 0.29) is 30.3 Å². The van der Waals surface area contributed by atoms with Crippen molar-refractivity contribution in [3.63, 3.8) is 0 Å². The standard InChI is InChI=1S/C21H25N3O4S/c25-20(22-13-7-10-17-8-3-1-4-9-17)16-19-21(26)23-14-15-24(19)29(27,28)18-11-5-2-6-12-18/h1-6,8-9,11-12,19H,7,10,13-16H2,(H,22,25)(H,23,26)/t19-/m1/s1. The van der Waals surface area contributed by atoms with Gasteiger partial charge in [-0.2, -0.15) is 4.31 Å². The van der Waals surface area contributed by atoms with Gasteiger partial charge in [0.15, 0.2) is 0 Å². The van der Waals surface area contributed by atoms with Crippen LogP contribution in [0.5, 0.6) is 0 Å². The second-order valence-electron chi connectivity index (χ2n) is 6.88. The minimum atomic E-state index is -3.86. The summed E-state index contributed by atoms with van der Waals surface area (Å²) >= 11 is 0. The first-order chi connectivity index (χ1) is 14.0. The highest BCUT2D eigenvalue weighted by molar-refractivity contribution is 7.89. The summed E-state index contributed by atoms with van der Waals surface area (Å²) in [6, 6.07) is 16.9. The van der Waals surface area contributed by atoms with Gasteiger partial charge in [-0.3, -0.25) is 9.59 Å². The number of carbonyl (C=O) groups is 2. The predicted octanol–water partition coefficient (Wildman–Crippen LogP) is 1.31. The molecule has 1 aliphatic heterocycles. The third-order valence-corrected chi connectivity index (χ3v) is 6.74. The minimum Gasteiger partial charge on any atom is -0.356 e. The van der Waals surface area contributed by atoms with Gasteiger partial charge in [0.2, 0.25) is 21.8 Å². The van der Waals surface area contributed by atoms with E-state index >= 15 is 0 Å². The van der Waals surface area contributed by atoms with E-state index in [1.807, 2.05) is 30.3 Å². The Morgan fingerprint density at radius 3 is 2.41 bits per heavy atom. The third kappa shape index (κ3) is 5.42. The van der Waals surface area contributed by atoms with Crippen molar-refractivity contribution in [1.29, 1.82) is 0 Å². The quantitative estimate of drug-likeness (QED) is 0.636.